The van der Waals surface area contributed by atoms with Gasteiger partial charge in [-0.15, -0.1) is 0 Å². The molecule has 0 bridgehead atoms. The smallest absolute Gasteiger partial charge is 0.269 e. The number of anilines is 1. The fourth-order valence-electron chi connectivity index (χ4n) is 6.91. The number of hydrogen-bond donors (Lipinski definition) is 0. The number of hydrogen-bond acceptors (Lipinski definition) is 6. The maximum absolute atomic E-state index is 15.8. The van der Waals surface area contributed by atoms with E-state index in [2.05, 4.69) is 0 Å². The molecular formula is C33H21FN2O5. The minimum atomic E-state index is -1.82. The molecular weight excluding hydrogens is 523 g/mol. The summed E-state index contributed by atoms with van der Waals surface area (Å²) in [5, 5.41) is 11.3. The van der Waals surface area contributed by atoms with Crippen molar-refractivity contribution in [3.8, 4) is 0 Å². The van der Waals surface area contributed by atoms with E-state index >= 15 is 4.39 Å². The van der Waals surface area contributed by atoms with Crippen molar-refractivity contribution >= 4 is 34.8 Å². The van der Waals surface area contributed by atoms with E-state index in [0.29, 0.717) is 5.69 Å². The zero-order chi connectivity index (χ0) is 28.5. The minimum Gasteiger partial charge on any atom is -0.352 e. The normalized spacial score (nSPS) is 21.5. The van der Waals surface area contributed by atoms with Crippen molar-refractivity contribution in [1.29, 1.82) is 0 Å². The third kappa shape index (κ3) is 3.27. The van der Waals surface area contributed by atoms with Gasteiger partial charge in [0.2, 0.25) is 0 Å². The summed E-state index contributed by atoms with van der Waals surface area (Å²) < 4.78 is 15.8. The summed E-state index contributed by atoms with van der Waals surface area (Å²) in [4.78, 5) is 56.1. The van der Waals surface area contributed by atoms with E-state index in [1.807, 2.05) is 24.3 Å². The molecule has 0 saturated carbocycles. The highest BCUT2D eigenvalue weighted by Gasteiger charge is 2.71. The zero-order valence-corrected chi connectivity index (χ0v) is 21.4. The van der Waals surface area contributed by atoms with Crippen LogP contribution >= 0.6 is 0 Å². The van der Waals surface area contributed by atoms with Crippen LogP contribution in [0.15, 0.2) is 103 Å². The number of nitrogens with zero attached hydrogens (tertiary/aromatic N) is 2. The van der Waals surface area contributed by atoms with E-state index < -0.39 is 51.5 Å². The number of fused-ring (bicyclic) bond motifs is 5. The number of nitro benzene ring substituents is 1. The second kappa shape index (κ2) is 8.89. The van der Waals surface area contributed by atoms with Crippen molar-refractivity contribution in [3.05, 3.63) is 147 Å². The van der Waals surface area contributed by atoms with Gasteiger partial charge in [0.15, 0.2) is 17.3 Å². The molecule has 0 amide bonds. The number of nitro groups is 1. The Morgan fingerprint density at radius 1 is 0.829 bits per heavy atom. The molecule has 2 heterocycles. The highest BCUT2D eigenvalue weighted by Crippen LogP contribution is 2.61. The minimum absolute atomic E-state index is 0.0857. The van der Waals surface area contributed by atoms with Gasteiger partial charge >= 0.3 is 0 Å². The molecule has 1 aliphatic carbocycles. The van der Waals surface area contributed by atoms with Gasteiger partial charge in [0, 0.05) is 40.4 Å². The first-order valence-corrected chi connectivity index (χ1v) is 13.1. The van der Waals surface area contributed by atoms with E-state index in [4.69, 9.17) is 0 Å². The molecule has 1 spiro atoms. The molecule has 2 aliphatic heterocycles. The van der Waals surface area contributed by atoms with Gasteiger partial charge in [0.05, 0.1) is 11.0 Å². The maximum atomic E-state index is 15.8. The predicted octanol–water partition coefficient (Wildman–Crippen LogP) is 6.05. The number of benzene rings is 4. The van der Waals surface area contributed by atoms with Gasteiger partial charge < -0.3 is 4.90 Å². The van der Waals surface area contributed by atoms with Crippen LogP contribution in [0.25, 0.3) is 6.08 Å². The van der Waals surface area contributed by atoms with Crippen molar-refractivity contribution in [3.63, 3.8) is 0 Å². The number of Topliss-reactive ketones (excluding diaryl/α,β-unsaturated/α-hetero) is 3. The van der Waals surface area contributed by atoms with Crippen LogP contribution in [-0.4, -0.2) is 34.4 Å². The van der Waals surface area contributed by atoms with Crippen molar-refractivity contribution in [2.24, 2.45) is 5.41 Å². The van der Waals surface area contributed by atoms with E-state index in [1.165, 1.54) is 42.5 Å². The van der Waals surface area contributed by atoms with Gasteiger partial charge in [-0.2, -0.15) is 0 Å². The average molecular weight is 545 g/mol. The Hall–Kier alpha value is -5.24. The van der Waals surface area contributed by atoms with Gasteiger partial charge in [-0.05, 0) is 35.4 Å². The van der Waals surface area contributed by atoms with Crippen LogP contribution in [0.5, 0.6) is 0 Å². The molecule has 7 nitrogen and oxygen atoms in total. The number of carbonyl (C=O) groups is 3. The van der Waals surface area contributed by atoms with E-state index in [1.54, 1.807) is 47.4 Å². The molecule has 3 atom stereocenters. The monoisotopic (exact) mass is 544 g/mol. The highest BCUT2D eigenvalue weighted by atomic mass is 19.1. The largest absolute Gasteiger partial charge is 0.352 e. The van der Waals surface area contributed by atoms with Gasteiger partial charge in [0.25, 0.3) is 5.69 Å². The highest BCUT2D eigenvalue weighted by molar-refractivity contribution is 6.32. The quantitative estimate of drug-likeness (QED) is 0.134. The molecule has 0 unspecified atom stereocenters. The van der Waals surface area contributed by atoms with Gasteiger partial charge in [-0.1, -0.05) is 72.8 Å². The van der Waals surface area contributed by atoms with Gasteiger partial charge in [-0.3, -0.25) is 24.5 Å². The molecule has 4 aromatic carbocycles. The van der Waals surface area contributed by atoms with Crippen LogP contribution in [0.1, 0.15) is 48.1 Å². The first-order valence-electron chi connectivity index (χ1n) is 13.1. The Bertz CT molecular complexity index is 1790. The maximum Gasteiger partial charge on any atom is 0.269 e. The topological polar surface area (TPSA) is 97.6 Å². The van der Waals surface area contributed by atoms with E-state index in [9.17, 15) is 24.5 Å². The van der Waals surface area contributed by atoms with Gasteiger partial charge in [0.1, 0.15) is 17.3 Å². The van der Waals surface area contributed by atoms with Crippen molar-refractivity contribution in [2.45, 2.75) is 18.0 Å². The molecule has 3 aliphatic rings. The summed E-state index contributed by atoms with van der Waals surface area (Å²) in [7, 11) is 0. The number of halogens is 1. The predicted molar refractivity (Wildman–Crippen MR) is 150 cm³/mol. The Morgan fingerprint density at radius 3 is 2.10 bits per heavy atom. The van der Waals surface area contributed by atoms with E-state index in [-0.39, 0.29) is 27.9 Å². The summed E-state index contributed by atoms with van der Waals surface area (Å²) in [6.45, 7) is 0. The summed E-state index contributed by atoms with van der Waals surface area (Å²) in [6.07, 6.45) is 3.60. The third-order valence-electron chi connectivity index (χ3n) is 8.58. The zero-order valence-electron chi connectivity index (χ0n) is 21.4. The molecule has 8 heteroatoms. The van der Waals surface area contributed by atoms with E-state index in [0.717, 1.165) is 5.56 Å². The lowest BCUT2D eigenvalue weighted by molar-refractivity contribution is -0.384. The summed E-state index contributed by atoms with van der Waals surface area (Å²) in [5.74, 6) is -3.21. The average Bonchev–Trinajstić information content (AvgIpc) is 3.43. The number of para-hydroxylation sites is 1. The van der Waals surface area contributed by atoms with Crippen LogP contribution in [0, 0.1) is 21.3 Å². The molecule has 0 aromatic heterocycles. The van der Waals surface area contributed by atoms with Crippen LogP contribution in [0.2, 0.25) is 0 Å². The second-order valence-electron chi connectivity index (χ2n) is 10.5. The number of carbonyl (C=O) groups excluding carboxylic acids is 3. The Kier molecular flexibility index (Phi) is 5.37. The lowest BCUT2D eigenvalue weighted by Gasteiger charge is -2.37. The molecule has 200 valence electrons. The first kappa shape index (κ1) is 24.8. The van der Waals surface area contributed by atoms with Gasteiger partial charge in [-0.25, -0.2) is 4.39 Å². The SMILES string of the molecule is O=C(c1ccc([N+](=O)[O-])cc1)[C@H]1[C@H](c2ccccc2F)C2(C(=O)c3ccccc3C2=O)[C@H]2C=Cc3ccccc3N12. The number of non-ortho nitro benzene ring substituents is 1. The second-order valence-corrected chi connectivity index (χ2v) is 10.5. The molecule has 1 saturated heterocycles. The molecule has 7 rings (SSSR count). The summed E-state index contributed by atoms with van der Waals surface area (Å²) in [6, 6.07) is 22.9. The van der Waals surface area contributed by atoms with Crippen LogP contribution in [0.3, 0.4) is 0 Å². The first-order chi connectivity index (χ1) is 19.9. The van der Waals surface area contributed by atoms with Crippen LogP contribution in [-0.2, 0) is 0 Å². The lowest BCUT2D eigenvalue weighted by Crippen LogP contribution is -2.48. The third-order valence-corrected chi connectivity index (χ3v) is 8.58. The molecule has 0 N–H and O–H groups in total. The number of rotatable bonds is 4. The fourth-order valence-corrected chi connectivity index (χ4v) is 6.91. The number of ketones is 3. The Labute approximate surface area is 233 Å². The summed E-state index contributed by atoms with van der Waals surface area (Å²) >= 11 is 0. The lowest BCUT2D eigenvalue weighted by atomic mass is 9.64. The van der Waals surface area contributed by atoms with Crippen molar-refractivity contribution in [2.75, 3.05) is 4.90 Å². The summed E-state index contributed by atoms with van der Waals surface area (Å²) in [5.41, 5.74) is 0.138. The van der Waals surface area contributed by atoms with Crippen molar-refractivity contribution < 1.29 is 23.7 Å². The van der Waals surface area contributed by atoms with Crippen LogP contribution < -0.4 is 4.90 Å². The standard InChI is InChI=1S/C33H21FN2O5/c34-25-11-5-4-10-24(25)28-29(30(37)20-13-16-21(17-14-20)36(40)41)35-26-12-6-1-7-19(26)15-18-27(35)33(28)31(38)22-8-2-3-9-23(22)32(33)39/h1-18,27-29H/t27-,28+,29-/m1/s1. The molecule has 0 radical (unpaired) electrons. The Morgan fingerprint density at radius 2 is 1.44 bits per heavy atom. The Balaban J connectivity index is 1.53. The molecule has 41 heavy (non-hydrogen) atoms. The van der Waals surface area contributed by atoms with Crippen LogP contribution in [0.4, 0.5) is 15.8 Å². The fraction of sp³-hybridized carbons (Fsp3) is 0.121. The van der Waals surface area contributed by atoms with Crippen molar-refractivity contribution in [1.82, 2.24) is 0 Å². The molecule has 4 aromatic rings. The molecule has 1 fully saturated rings.